The van der Waals surface area contributed by atoms with Gasteiger partial charge in [-0.25, -0.2) is 4.98 Å². The van der Waals surface area contributed by atoms with E-state index in [0.717, 1.165) is 18.4 Å². The Morgan fingerprint density at radius 2 is 2.10 bits per heavy atom. The lowest BCUT2D eigenvalue weighted by Crippen LogP contribution is -2.24. The van der Waals surface area contributed by atoms with Crippen LogP contribution < -0.4 is 5.32 Å². The van der Waals surface area contributed by atoms with E-state index in [0.29, 0.717) is 6.04 Å². The van der Waals surface area contributed by atoms with Crippen LogP contribution in [0.3, 0.4) is 0 Å². The average molecular weight is 307 g/mol. The number of nitrogens with zero attached hydrogens (tertiary/aromatic N) is 1. The lowest BCUT2D eigenvalue weighted by molar-refractivity contribution is 0.314. The fraction of sp³-hybridized carbons (Fsp3) is 0.833. The van der Waals surface area contributed by atoms with Crippen LogP contribution in [0.5, 0.6) is 0 Å². The first kappa shape index (κ1) is 15.5. The van der Waals surface area contributed by atoms with Gasteiger partial charge in [-0.1, -0.05) is 33.1 Å². The molecule has 3 atom stereocenters. The zero-order chi connectivity index (χ0) is 14.7. The summed E-state index contributed by atoms with van der Waals surface area (Å²) < 4.78 is 0. The minimum Gasteiger partial charge on any atom is -0.309 e. The van der Waals surface area contributed by atoms with Crippen molar-refractivity contribution in [1.82, 2.24) is 10.3 Å². The Bertz CT molecular complexity index is 454. The average Bonchev–Trinajstić information content (AvgIpc) is 2.97. The summed E-state index contributed by atoms with van der Waals surface area (Å²) in [5.41, 5.74) is 1.42. The molecule has 1 fully saturated rings. The standard InChI is InChI=1S/C18H30N2S/c1-3-11-19-15-9-6-10-16-17(15)21-18(20-16)14-8-5-7-13(4-2)12-14/h13-15,19H,3-12H2,1-2H3. The van der Waals surface area contributed by atoms with E-state index in [2.05, 4.69) is 19.2 Å². The molecule has 1 aromatic heterocycles. The van der Waals surface area contributed by atoms with E-state index in [4.69, 9.17) is 4.98 Å². The summed E-state index contributed by atoms with van der Waals surface area (Å²) in [6.45, 7) is 5.74. The molecule has 2 aliphatic rings. The number of hydrogen-bond acceptors (Lipinski definition) is 3. The molecule has 3 unspecified atom stereocenters. The van der Waals surface area contributed by atoms with Gasteiger partial charge in [-0.05, 0) is 51.0 Å². The number of thiazole rings is 1. The molecule has 1 N–H and O–H groups in total. The van der Waals surface area contributed by atoms with E-state index in [9.17, 15) is 0 Å². The topological polar surface area (TPSA) is 24.9 Å². The minimum absolute atomic E-state index is 0.588. The van der Waals surface area contributed by atoms with Crippen molar-refractivity contribution < 1.29 is 0 Å². The molecular weight excluding hydrogens is 276 g/mol. The largest absolute Gasteiger partial charge is 0.309 e. The third-order valence-corrected chi connectivity index (χ3v) is 6.69. The van der Waals surface area contributed by atoms with Crippen LogP contribution in [0.1, 0.15) is 92.8 Å². The van der Waals surface area contributed by atoms with Gasteiger partial charge in [0.25, 0.3) is 0 Å². The maximum atomic E-state index is 5.08. The Morgan fingerprint density at radius 3 is 2.90 bits per heavy atom. The van der Waals surface area contributed by atoms with E-state index in [1.165, 1.54) is 68.5 Å². The van der Waals surface area contributed by atoms with Crippen molar-refractivity contribution in [2.75, 3.05) is 6.54 Å². The van der Waals surface area contributed by atoms with Gasteiger partial charge < -0.3 is 5.32 Å². The van der Waals surface area contributed by atoms with E-state index in [1.807, 2.05) is 11.3 Å². The molecule has 0 saturated heterocycles. The van der Waals surface area contributed by atoms with Crippen molar-refractivity contribution in [2.24, 2.45) is 5.92 Å². The summed E-state index contributed by atoms with van der Waals surface area (Å²) in [4.78, 5) is 6.65. The SMILES string of the molecule is CCCNC1CCCc2nc(C3CCCC(CC)C3)sc21. The van der Waals surface area contributed by atoms with Gasteiger partial charge in [0.15, 0.2) is 0 Å². The van der Waals surface area contributed by atoms with E-state index < -0.39 is 0 Å². The number of fused-ring (bicyclic) bond motifs is 1. The van der Waals surface area contributed by atoms with E-state index in [1.54, 1.807) is 4.88 Å². The molecule has 0 radical (unpaired) electrons. The first-order chi connectivity index (χ1) is 10.3. The number of aromatic nitrogens is 1. The number of rotatable bonds is 5. The highest BCUT2D eigenvalue weighted by molar-refractivity contribution is 7.12. The molecule has 0 amide bonds. The molecule has 118 valence electrons. The number of aryl methyl sites for hydroxylation is 1. The summed E-state index contributed by atoms with van der Waals surface area (Å²) in [7, 11) is 0. The van der Waals surface area contributed by atoms with Gasteiger partial charge in [-0.2, -0.15) is 0 Å². The summed E-state index contributed by atoms with van der Waals surface area (Å²) in [6.07, 6.45) is 12.0. The molecule has 0 bridgehead atoms. The van der Waals surface area contributed by atoms with Gasteiger partial charge >= 0.3 is 0 Å². The highest BCUT2D eigenvalue weighted by Crippen LogP contribution is 2.42. The lowest BCUT2D eigenvalue weighted by atomic mass is 9.80. The van der Waals surface area contributed by atoms with E-state index in [-0.39, 0.29) is 0 Å². The predicted octanol–water partition coefficient (Wildman–Crippen LogP) is 5.20. The van der Waals surface area contributed by atoms with Gasteiger partial charge in [-0.3, -0.25) is 0 Å². The van der Waals surface area contributed by atoms with Crippen LogP contribution in [-0.2, 0) is 6.42 Å². The molecule has 3 rings (SSSR count). The van der Waals surface area contributed by atoms with Crippen LogP contribution in [0.25, 0.3) is 0 Å². The minimum atomic E-state index is 0.588. The van der Waals surface area contributed by atoms with Gasteiger partial charge in [-0.15, -0.1) is 11.3 Å². The van der Waals surface area contributed by atoms with Crippen LogP contribution in [-0.4, -0.2) is 11.5 Å². The molecule has 2 aliphatic carbocycles. The third kappa shape index (κ3) is 3.50. The highest BCUT2D eigenvalue weighted by atomic mass is 32.1. The molecule has 1 aromatic rings. The van der Waals surface area contributed by atoms with Crippen LogP contribution in [0, 0.1) is 5.92 Å². The maximum Gasteiger partial charge on any atom is 0.0962 e. The van der Waals surface area contributed by atoms with Crippen LogP contribution in [0.4, 0.5) is 0 Å². The third-order valence-electron chi connectivity index (χ3n) is 5.32. The monoisotopic (exact) mass is 306 g/mol. The fourth-order valence-electron chi connectivity index (χ4n) is 4.01. The van der Waals surface area contributed by atoms with Crippen LogP contribution in [0.15, 0.2) is 0 Å². The van der Waals surface area contributed by atoms with E-state index >= 15 is 0 Å². The molecule has 1 heterocycles. The first-order valence-corrected chi connectivity index (χ1v) is 9.86. The highest BCUT2D eigenvalue weighted by Gasteiger charge is 2.29. The molecule has 21 heavy (non-hydrogen) atoms. The zero-order valence-electron chi connectivity index (χ0n) is 13.7. The van der Waals surface area contributed by atoms with Crippen LogP contribution in [0.2, 0.25) is 0 Å². The van der Waals surface area contributed by atoms with Crippen molar-refractivity contribution in [3.63, 3.8) is 0 Å². The molecule has 2 nitrogen and oxygen atoms in total. The summed E-state index contributed by atoms with van der Waals surface area (Å²) >= 11 is 2.04. The first-order valence-electron chi connectivity index (χ1n) is 9.04. The Kier molecular flexibility index (Phi) is 5.33. The van der Waals surface area contributed by atoms with Gasteiger partial charge in [0.05, 0.1) is 10.7 Å². The quantitative estimate of drug-likeness (QED) is 0.808. The zero-order valence-corrected chi connectivity index (χ0v) is 14.5. The molecule has 0 aliphatic heterocycles. The van der Waals surface area contributed by atoms with Crippen molar-refractivity contribution in [2.45, 2.75) is 83.6 Å². The second kappa shape index (κ2) is 7.23. The molecule has 0 spiro atoms. The van der Waals surface area contributed by atoms with Crippen molar-refractivity contribution >= 4 is 11.3 Å². The Morgan fingerprint density at radius 1 is 1.19 bits per heavy atom. The molecule has 3 heteroatoms. The predicted molar refractivity (Wildman–Crippen MR) is 91.1 cm³/mol. The van der Waals surface area contributed by atoms with Crippen molar-refractivity contribution in [3.8, 4) is 0 Å². The summed E-state index contributed by atoms with van der Waals surface area (Å²) in [5.74, 6) is 1.70. The second-order valence-electron chi connectivity index (χ2n) is 6.90. The molecule has 1 saturated carbocycles. The van der Waals surface area contributed by atoms with Crippen molar-refractivity contribution in [1.29, 1.82) is 0 Å². The number of hydrogen-bond donors (Lipinski definition) is 1. The normalized spacial score (nSPS) is 29.3. The molecular formula is C18H30N2S. The number of nitrogens with one attached hydrogen (secondary N) is 1. The van der Waals surface area contributed by atoms with Gasteiger partial charge in [0.2, 0.25) is 0 Å². The van der Waals surface area contributed by atoms with Gasteiger partial charge in [0.1, 0.15) is 0 Å². The Labute approximate surface area is 133 Å². The van der Waals surface area contributed by atoms with Crippen molar-refractivity contribution in [3.05, 3.63) is 15.6 Å². The lowest BCUT2D eigenvalue weighted by Gasteiger charge is -2.27. The summed E-state index contributed by atoms with van der Waals surface area (Å²) in [5, 5.41) is 5.20. The summed E-state index contributed by atoms with van der Waals surface area (Å²) in [6, 6.07) is 0.588. The molecule has 0 aromatic carbocycles. The Hall–Kier alpha value is -0.410. The van der Waals surface area contributed by atoms with Gasteiger partial charge in [0, 0.05) is 16.8 Å². The fourth-order valence-corrected chi connectivity index (χ4v) is 5.38. The Balaban J connectivity index is 1.74. The maximum absolute atomic E-state index is 5.08. The second-order valence-corrected chi connectivity index (χ2v) is 7.96. The van der Waals surface area contributed by atoms with Crippen LogP contribution >= 0.6 is 11.3 Å². The smallest absolute Gasteiger partial charge is 0.0962 e.